The van der Waals surface area contributed by atoms with Crippen LogP contribution in [0, 0.1) is 0 Å². The zero-order valence-corrected chi connectivity index (χ0v) is 13.5. The second-order valence-corrected chi connectivity index (χ2v) is 6.56. The standard InChI is InChI=1S/C12H18BrNO4S/c1-4-18-9(2)8-14-19(15,16)12-7-10(13)5-6-11(12)17-3/h5-7,9,14H,4,8H2,1-3H3. The van der Waals surface area contributed by atoms with Gasteiger partial charge >= 0.3 is 0 Å². The minimum atomic E-state index is -3.62. The van der Waals surface area contributed by atoms with Crippen LogP contribution in [0.4, 0.5) is 0 Å². The molecule has 0 spiro atoms. The largest absolute Gasteiger partial charge is 0.495 e. The first-order chi connectivity index (χ1) is 8.90. The maximum absolute atomic E-state index is 12.2. The highest BCUT2D eigenvalue weighted by Crippen LogP contribution is 2.26. The van der Waals surface area contributed by atoms with Crippen molar-refractivity contribution >= 4 is 26.0 Å². The highest BCUT2D eigenvalue weighted by Gasteiger charge is 2.20. The van der Waals surface area contributed by atoms with Crippen molar-refractivity contribution in [2.45, 2.75) is 24.8 Å². The lowest BCUT2D eigenvalue weighted by atomic mass is 10.3. The number of sulfonamides is 1. The maximum Gasteiger partial charge on any atom is 0.244 e. The van der Waals surface area contributed by atoms with E-state index in [1.54, 1.807) is 12.1 Å². The van der Waals surface area contributed by atoms with Gasteiger partial charge in [-0.15, -0.1) is 0 Å². The molecule has 0 aliphatic rings. The third-order valence-corrected chi connectivity index (χ3v) is 4.37. The molecule has 1 N–H and O–H groups in total. The smallest absolute Gasteiger partial charge is 0.244 e. The van der Waals surface area contributed by atoms with Gasteiger partial charge in [0.15, 0.2) is 0 Å². The lowest BCUT2D eigenvalue weighted by Gasteiger charge is -2.14. The van der Waals surface area contributed by atoms with Crippen LogP contribution in [0.1, 0.15) is 13.8 Å². The van der Waals surface area contributed by atoms with Gasteiger partial charge in [-0.25, -0.2) is 13.1 Å². The number of rotatable bonds is 7. The fourth-order valence-electron chi connectivity index (χ4n) is 1.51. The first-order valence-corrected chi connectivity index (χ1v) is 8.13. The Morgan fingerprint density at radius 1 is 1.42 bits per heavy atom. The molecular formula is C12H18BrNO4S. The Balaban J connectivity index is 2.91. The first kappa shape index (κ1) is 16.4. The zero-order chi connectivity index (χ0) is 14.5. The molecule has 1 unspecified atom stereocenters. The SMILES string of the molecule is CCOC(C)CNS(=O)(=O)c1cc(Br)ccc1OC. The second kappa shape index (κ2) is 7.23. The van der Waals surface area contributed by atoms with Crippen LogP contribution < -0.4 is 9.46 Å². The van der Waals surface area contributed by atoms with Crippen molar-refractivity contribution in [3.05, 3.63) is 22.7 Å². The number of hydrogen-bond donors (Lipinski definition) is 1. The summed E-state index contributed by atoms with van der Waals surface area (Å²) in [5, 5.41) is 0. The third kappa shape index (κ3) is 4.76. The van der Waals surface area contributed by atoms with Crippen molar-refractivity contribution < 1.29 is 17.9 Å². The Kier molecular flexibility index (Phi) is 6.25. The predicted octanol–water partition coefficient (Wildman–Crippen LogP) is 2.16. The van der Waals surface area contributed by atoms with Gasteiger partial charge in [0.05, 0.1) is 13.2 Å². The van der Waals surface area contributed by atoms with E-state index in [0.717, 1.165) is 0 Å². The topological polar surface area (TPSA) is 64.6 Å². The summed E-state index contributed by atoms with van der Waals surface area (Å²) in [5.41, 5.74) is 0. The summed E-state index contributed by atoms with van der Waals surface area (Å²) in [5.74, 6) is 0.305. The first-order valence-electron chi connectivity index (χ1n) is 5.85. The number of nitrogens with one attached hydrogen (secondary N) is 1. The van der Waals surface area contributed by atoms with Crippen molar-refractivity contribution in [2.24, 2.45) is 0 Å². The summed E-state index contributed by atoms with van der Waals surface area (Å²) in [4.78, 5) is 0.105. The van der Waals surface area contributed by atoms with Gasteiger partial charge in [0, 0.05) is 17.6 Å². The van der Waals surface area contributed by atoms with Gasteiger partial charge in [-0.1, -0.05) is 15.9 Å². The summed E-state index contributed by atoms with van der Waals surface area (Å²) >= 11 is 3.25. The van der Waals surface area contributed by atoms with E-state index in [1.165, 1.54) is 13.2 Å². The van der Waals surface area contributed by atoms with Gasteiger partial charge in [0.25, 0.3) is 0 Å². The predicted molar refractivity (Wildman–Crippen MR) is 77.0 cm³/mol. The lowest BCUT2D eigenvalue weighted by molar-refractivity contribution is 0.0799. The molecule has 0 aliphatic heterocycles. The molecule has 1 atom stereocenters. The van der Waals surface area contributed by atoms with E-state index in [2.05, 4.69) is 20.7 Å². The normalized spacial score (nSPS) is 13.3. The fraction of sp³-hybridized carbons (Fsp3) is 0.500. The van der Waals surface area contributed by atoms with E-state index in [-0.39, 0.29) is 17.5 Å². The monoisotopic (exact) mass is 351 g/mol. The van der Waals surface area contributed by atoms with Gasteiger partial charge < -0.3 is 9.47 Å². The zero-order valence-electron chi connectivity index (χ0n) is 11.1. The Morgan fingerprint density at radius 3 is 2.68 bits per heavy atom. The molecule has 7 heteroatoms. The van der Waals surface area contributed by atoms with Gasteiger partial charge in [-0.05, 0) is 32.0 Å². The molecule has 5 nitrogen and oxygen atoms in total. The minimum absolute atomic E-state index is 0.105. The summed E-state index contributed by atoms with van der Waals surface area (Å²) in [6.45, 7) is 4.43. The maximum atomic E-state index is 12.2. The van der Waals surface area contributed by atoms with Crippen LogP contribution in [-0.4, -0.2) is 34.8 Å². The van der Waals surface area contributed by atoms with E-state index in [0.29, 0.717) is 16.8 Å². The minimum Gasteiger partial charge on any atom is -0.495 e. The number of methoxy groups -OCH3 is 1. The van der Waals surface area contributed by atoms with E-state index in [9.17, 15) is 8.42 Å². The number of benzene rings is 1. The molecule has 1 aromatic carbocycles. The Hall–Kier alpha value is -0.630. The van der Waals surface area contributed by atoms with Crippen LogP contribution >= 0.6 is 15.9 Å². The van der Waals surface area contributed by atoms with Crippen LogP contribution in [-0.2, 0) is 14.8 Å². The average Bonchev–Trinajstić information content (AvgIpc) is 2.37. The van der Waals surface area contributed by atoms with Crippen molar-refractivity contribution in [1.29, 1.82) is 0 Å². The molecule has 0 saturated carbocycles. The molecule has 0 aliphatic carbocycles. The number of ether oxygens (including phenoxy) is 2. The van der Waals surface area contributed by atoms with E-state index in [4.69, 9.17) is 9.47 Å². The summed E-state index contributed by atoms with van der Waals surface area (Å²) in [7, 11) is -2.19. The van der Waals surface area contributed by atoms with E-state index < -0.39 is 10.0 Å². The number of hydrogen-bond acceptors (Lipinski definition) is 4. The average molecular weight is 352 g/mol. The molecule has 19 heavy (non-hydrogen) atoms. The molecule has 0 bridgehead atoms. The van der Waals surface area contributed by atoms with Crippen LogP contribution in [0.5, 0.6) is 5.75 Å². The molecule has 0 aromatic heterocycles. The van der Waals surface area contributed by atoms with E-state index >= 15 is 0 Å². The lowest BCUT2D eigenvalue weighted by Crippen LogP contribution is -2.32. The highest BCUT2D eigenvalue weighted by atomic mass is 79.9. The van der Waals surface area contributed by atoms with Gasteiger partial charge in [-0.2, -0.15) is 0 Å². The van der Waals surface area contributed by atoms with Gasteiger partial charge in [0.1, 0.15) is 10.6 Å². The van der Waals surface area contributed by atoms with Gasteiger partial charge in [-0.3, -0.25) is 0 Å². The molecule has 1 rings (SSSR count). The molecule has 0 saturated heterocycles. The Morgan fingerprint density at radius 2 is 2.11 bits per heavy atom. The molecule has 0 fully saturated rings. The van der Waals surface area contributed by atoms with E-state index in [1.807, 2.05) is 13.8 Å². The summed E-state index contributed by atoms with van der Waals surface area (Å²) in [6, 6.07) is 4.83. The van der Waals surface area contributed by atoms with Crippen molar-refractivity contribution in [3.8, 4) is 5.75 Å². The highest BCUT2D eigenvalue weighted by molar-refractivity contribution is 9.10. The summed E-state index contributed by atoms with van der Waals surface area (Å²) < 4.78 is 37.9. The quantitative estimate of drug-likeness (QED) is 0.817. The van der Waals surface area contributed by atoms with Crippen LogP contribution in [0.3, 0.4) is 0 Å². The molecule has 0 amide bonds. The van der Waals surface area contributed by atoms with Crippen molar-refractivity contribution in [3.63, 3.8) is 0 Å². The molecular weight excluding hydrogens is 334 g/mol. The number of halogens is 1. The molecule has 108 valence electrons. The Labute approximate surface area is 122 Å². The van der Waals surface area contributed by atoms with Crippen LogP contribution in [0.25, 0.3) is 0 Å². The Bertz CT molecular complexity index is 518. The van der Waals surface area contributed by atoms with Crippen molar-refractivity contribution in [2.75, 3.05) is 20.3 Å². The second-order valence-electron chi connectivity index (χ2n) is 3.91. The summed E-state index contributed by atoms with van der Waals surface area (Å²) in [6.07, 6.45) is -0.182. The molecule has 0 radical (unpaired) electrons. The molecule has 0 heterocycles. The van der Waals surface area contributed by atoms with Crippen LogP contribution in [0.2, 0.25) is 0 Å². The molecule has 1 aromatic rings. The third-order valence-electron chi connectivity index (χ3n) is 2.43. The fourth-order valence-corrected chi connectivity index (χ4v) is 3.33. The van der Waals surface area contributed by atoms with Gasteiger partial charge in [0.2, 0.25) is 10.0 Å². The van der Waals surface area contributed by atoms with Crippen LogP contribution in [0.15, 0.2) is 27.6 Å². The van der Waals surface area contributed by atoms with Crippen molar-refractivity contribution in [1.82, 2.24) is 4.72 Å².